The molecule has 2 atom stereocenters. The SMILES string of the molecule is O[C@H]1CN(c2ncc3c(n2)CCN3c2ccccc2)C[C@@H]1N1CCOCC1. The maximum absolute atomic E-state index is 10.6. The normalized spacial score (nSPS) is 25.8. The summed E-state index contributed by atoms with van der Waals surface area (Å²) in [6.45, 7) is 5.53. The van der Waals surface area contributed by atoms with Crippen molar-refractivity contribution in [2.75, 3.05) is 55.7 Å². The number of anilines is 3. The molecule has 0 bridgehead atoms. The lowest BCUT2D eigenvalue weighted by Gasteiger charge is -2.33. The summed E-state index contributed by atoms with van der Waals surface area (Å²) in [6, 6.07) is 10.5. The predicted octanol–water partition coefficient (Wildman–Crippen LogP) is 1.05. The summed E-state index contributed by atoms with van der Waals surface area (Å²) in [5.41, 5.74) is 3.36. The summed E-state index contributed by atoms with van der Waals surface area (Å²) in [5, 5.41) is 10.6. The van der Waals surface area contributed by atoms with Crippen molar-refractivity contribution in [3.63, 3.8) is 0 Å². The highest BCUT2D eigenvalue weighted by atomic mass is 16.5. The predicted molar refractivity (Wildman–Crippen MR) is 104 cm³/mol. The molecule has 7 nitrogen and oxygen atoms in total. The topological polar surface area (TPSA) is 65.0 Å². The van der Waals surface area contributed by atoms with Gasteiger partial charge in [0, 0.05) is 44.8 Å². The summed E-state index contributed by atoms with van der Waals surface area (Å²) < 4.78 is 5.44. The lowest BCUT2D eigenvalue weighted by atomic mass is 10.2. The molecule has 0 amide bonds. The number of benzene rings is 1. The smallest absolute Gasteiger partial charge is 0.225 e. The molecule has 0 aliphatic carbocycles. The van der Waals surface area contributed by atoms with Crippen LogP contribution in [-0.4, -0.2) is 78.1 Å². The number of nitrogens with zero attached hydrogens (tertiary/aromatic N) is 5. The van der Waals surface area contributed by atoms with Crippen LogP contribution in [0.2, 0.25) is 0 Å². The molecule has 5 rings (SSSR count). The number of fused-ring (bicyclic) bond motifs is 1. The summed E-state index contributed by atoms with van der Waals surface area (Å²) >= 11 is 0. The van der Waals surface area contributed by atoms with Crippen molar-refractivity contribution in [1.82, 2.24) is 14.9 Å². The van der Waals surface area contributed by atoms with Crippen molar-refractivity contribution in [3.8, 4) is 0 Å². The first-order valence-corrected chi connectivity index (χ1v) is 9.73. The molecule has 2 fully saturated rings. The van der Waals surface area contributed by atoms with E-state index >= 15 is 0 Å². The van der Waals surface area contributed by atoms with Gasteiger partial charge in [-0.1, -0.05) is 18.2 Å². The number of hydrogen-bond donors (Lipinski definition) is 1. The van der Waals surface area contributed by atoms with Crippen molar-refractivity contribution in [3.05, 3.63) is 42.2 Å². The molecule has 2 aromatic rings. The van der Waals surface area contributed by atoms with Gasteiger partial charge in [-0.25, -0.2) is 9.97 Å². The number of ether oxygens (including phenoxy) is 1. The van der Waals surface area contributed by atoms with Crippen molar-refractivity contribution in [2.24, 2.45) is 0 Å². The molecule has 1 aromatic carbocycles. The zero-order chi connectivity index (χ0) is 18.2. The van der Waals surface area contributed by atoms with Gasteiger partial charge in [-0.05, 0) is 12.1 Å². The van der Waals surface area contributed by atoms with Crippen LogP contribution in [0.25, 0.3) is 0 Å². The standard InChI is InChI=1S/C20H25N5O2/c26-19-14-24(13-18(19)23-8-10-27-11-9-23)20-21-12-17-16(22-20)6-7-25(17)15-4-2-1-3-5-15/h1-5,12,18-19,26H,6-11,13-14H2/t18-,19-/m0/s1. The molecule has 2 saturated heterocycles. The molecule has 4 heterocycles. The second-order valence-corrected chi connectivity index (χ2v) is 7.43. The molecule has 0 spiro atoms. The first kappa shape index (κ1) is 16.9. The van der Waals surface area contributed by atoms with E-state index in [0.717, 1.165) is 63.1 Å². The van der Waals surface area contributed by atoms with Crippen LogP contribution < -0.4 is 9.80 Å². The number of aliphatic hydroxyl groups excluding tert-OH is 1. The van der Waals surface area contributed by atoms with Crippen LogP contribution >= 0.6 is 0 Å². The lowest BCUT2D eigenvalue weighted by molar-refractivity contribution is -0.00588. The largest absolute Gasteiger partial charge is 0.390 e. The minimum absolute atomic E-state index is 0.131. The van der Waals surface area contributed by atoms with E-state index in [2.05, 4.69) is 43.9 Å². The van der Waals surface area contributed by atoms with Crippen LogP contribution in [-0.2, 0) is 11.2 Å². The van der Waals surface area contributed by atoms with Crippen LogP contribution in [0.5, 0.6) is 0 Å². The van der Waals surface area contributed by atoms with E-state index in [9.17, 15) is 5.11 Å². The fourth-order valence-electron chi connectivity index (χ4n) is 4.38. The second-order valence-electron chi connectivity index (χ2n) is 7.43. The average molecular weight is 367 g/mol. The van der Waals surface area contributed by atoms with E-state index in [1.807, 2.05) is 12.3 Å². The number of morpholine rings is 1. The molecule has 142 valence electrons. The quantitative estimate of drug-likeness (QED) is 0.870. The molecule has 1 N–H and O–H groups in total. The van der Waals surface area contributed by atoms with Crippen molar-refractivity contribution >= 4 is 17.3 Å². The van der Waals surface area contributed by atoms with E-state index in [-0.39, 0.29) is 12.1 Å². The zero-order valence-electron chi connectivity index (χ0n) is 15.4. The maximum Gasteiger partial charge on any atom is 0.225 e. The van der Waals surface area contributed by atoms with E-state index in [1.165, 1.54) is 5.69 Å². The van der Waals surface area contributed by atoms with Gasteiger partial charge in [-0.2, -0.15) is 0 Å². The van der Waals surface area contributed by atoms with Crippen LogP contribution in [0.15, 0.2) is 36.5 Å². The van der Waals surface area contributed by atoms with Gasteiger partial charge in [0.25, 0.3) is 0 Å². The van der Waals surface area contributed by atoms with Gasteiger partial charge in [0.2, 0.25) is 5.95 Å². The summed E-state index contributed by atoms with van der Waals surface area (Å²) in [5.74, 6) is 0.735. The fourth-order valence-corrected chi connectivity index (χ4v) is 4.38. The molecule has 7 heteroatoms. The Morgan fingerprint density at radius 2 is 1.85 bits per heavy atom. The molecule has 27 heavy (non-hydrogen) atoms. The van der Waals surface area contributed by atoms with Gasteiger partial charge in [0.05, 0.1) is 42.9 Å². The molecular formula is C20H25N5O2. The van der Waals surface area contributed by atoms with Crippen LogP contribution in [0.3, 0.4) is 0 Å². The van der Waals surface area contributed by atoms with Gasteiger partial charge in [-0.15, -0.1) is 0 Å². The van der Waals surface area contributed by atoms with E-state index in [1.54, 1.807) is 0 Å². The number of aliphatic hydroxyl groups is 1. The Balaban J connectivity index is 1.34. The molecule has 3 aliphatic heterocycles. The van der Waals surface area contributed by atoms with E-state index in [4.69, 9.17) is 9.72 Å². The lowest BCUT2D eigenvalue weighted by Crippen LogP contribution is -2.48. The zero-order valence-corrected chi connectivity index (χ0v) is 15.4. The van der Waals surface area contributed by atoms with Gasteiger partial charge in [0.15, 0.2) is 0 Å². The van der Waals surface area contributed by atoms with Crippen LogP contribution in [0.4, 0.5) is 17.3 Å². The molecular weight excluding hydrogens is 342 g/mol. The Morgan fingerprint density at radius 1 is 1.04 bits per heavy atom. The molecule has 0 radical (unpaired) electrons. The number of para-hydroxylation sites is 1. The van der Waals surface area contributed by atoms with Gasteiger partial charge in [-0.3, -0.25) is 4.90 Å². The van der Waals surface area contributed by atoms with Gasteiger partial charge in [0.1, 0.15) is 0 Å². The Bertz CT molecular complexity index is 796. The second kappa shape index (κ2) is 7.07. The Labute approximate surface area is 159 Å². The molecule has 1 aromatic heterocycles. The highest BCUT2D eigenvalue weighted by molar-refractivity contribution is 5.68. The van der Waals surface area contributed by atoms with Crippen molar-refractivity contribution in [1.29, 1.82) is 0 Å². The number of rotatable bonds is 3. The van der Waals surface area contributed by atoms with Crippen LogP contribution in [0, 0.1) is 0 Å². The Kier molecular flexibility index (Phi) is 4.43. The van der Waals surface area contributed by atoms with Crippen molar-refractivity contribution in [2.45, 2.75) is 18.6 Å². The fraction of sp³-hybridized carbons (Fsp3) is 0.500. The third kappa shape index (κ3) is 3.16. The van der Waals surface area contributed by atoms with Gasteiger partial charge >= 0.3 is 0 Å². The third-order valence-electron chi connectivity index (χ3n) is 5.82. The highest BCUT2D eigenvalue weighted by Gasteiger charge is 2.37. The Hall–Kier alpha value is -2.22. The van der Waals surface area contributed by atoms with E-state index < -0.39 is 0 Å². The molecule has 0 saturated carbocycles. The number of hydrogen-bond acceptors (Lipinski definition) is 7. The number of aromatic nitrogens is 2. The molecule has 0 unspecified atom stereocenters. The minimum atomic E-state index is -0.374. The maximum atomic E-state index is 10.6. The highest BCUT2D eigenvalue weighted by Crippen LogP contribution is 2.34. The van der Waals surface area contributed by atoms with E-state index in [0.29, 0.717) is 6.54 Å². The summed E-state index contributed by atoms with van der Waals surface area (Å²) in [4.78, 5) is 16.2. The average Bonchev–Trinajstić information content (AvgIpc) is 3.32. The van der Waals surface area contributed by atoms with Crippen LogP contribution in [0.1, 0.15) is 5.69 Å². The molecule has 3 aliphatic rings. The first-order valence-electron chi connectivity index (χ1n) is 9.73. The number of β-amino-alcohol motifs (C(OH)–C–C–N with tert-alkyl or cyclic N) is 1. The van der Waals surface area contributed by atoms with Crippen molar-refractivity contribution < 1.29 is 9.84 Å². The summed E-state index contributed by atoms with van der Waals surface area (Å²) in [6.07, 6.45) is 2.48. The van der Waals surface area contributed by atoms with Gasteiger partial charge < -0.3 is 19.6 Å². The Morgan fingerprint density at radius 3 is 2.67 bits per heavy atom. The monoisotopic (exact) mass is 367 g/mol. The summed E-state index contributed by atoms with van der Waals surface area (Å²) in [7, 11) is 0. The minimum Gasteiger partial charge on any atom is -0.390 e. The first-order chi connectivity index (χ1) is 13.3. The third-order valence-corrected chi connectivity index (χ3v) is 5.82.